The van der Waals surface area contributed by atoms with Gasteiger partial charge in [0.2, 0.25) is 5.90 Å². The number of benzene rings is 4. The van der Waals surface area contributed by atoms with Gasteiger partial charge in [0.05, 0.1) is 12.3 Å². The van der Waals surface area contributed by atoms with Gasteiger partial charge in [0.25, 0.3) is 5.91 Å². The topological polar surface area (TPSA) is 141 Å². The summed E-state index contributed by atoms with van der Waals surface area (Å²) in [5.41, 5.74) is 16.7. The Hall–Kier alpha value is -5.31. The standard InChI is InChI=1S/C32H30N6O4/c33-38-36-28-15-8-7-12-25(28)22-32(31(40)37-35-26-13-5-2-6-14-26)29(23-10-3-1-4-11-23)42-30(34-32)24-16-18-27(19-17-24)41-21-9-20-39/h1-8,10-19,29,35,39H,9,20-22H2,(H,37,40)/t29-,32-/m0/s1. The van der Waals surface area contributed by atoms with Gasteiger partial charge in [-0.1, -0.05) is 77.9 Å². The number of carbonyl (C=O) groups excluding carboxylic acids is 1. The predicted octanol–water partition coefficient (Wildman–Crippen LogP) is 6.03. The van der Waals surface area contributed by atoms with E-state index in [1.54, 1.807) is 24.3 Å². The number of aliphatic hydroxyl groups is 1. The van der Waals surface area contributed by atoms with Crippen LogP contribution in [0.15, 0.2) is 119 Å². The first-order valence-electron chi connectivity index (χ1n) is 13.5. The number of azide groups is 1. The molecule has 0 bridgehead atoms. The predicted molar refractivity (Wildman–Crippen MR) is 160 cm³/mol. The van der Waals surface area contributed by atoms with Crippen LogP contribution in [0.25, 0.3) is 10.4 Å². The van der Waals surface area contributed by atoms with Crippen LogP contribution in [0.2, 0.25) is 0 Å². The highest BCUT2D eigenvalue weighted by Gasteiger charge is 2.53. The van der Waals surface area contributed by atoms with Crippen molar-refractivity contribution in [1.29, 1.82) is 0 Å². The summed E-state index contributed by atoms with van der Waals surface area (Å²) in [4.78, 5) is 22.2. The van der Waals surface area contributed by atoms with Crippen LogP contribution in [0.4, 0.5) is 11.4 Å². The van der Waals surface area contributed by atoms with Gasteiger partial charge in [-0.25, -0.2) is 4.99 Å². The summed E-state index contributed by atoms with van der Waals surface area (Å²) < 4.78 is 12.2. The summed E-state index contributed by atoms with van der Waals surface area (Å²) in [5, 5.41) is 12.9. The number of carbonyl (C=O) groups is 1. The van der Waals surface area contributed by atoms with Crippen molar-refractivity contribution in [3.8, 4) is 5.75 Å². The molecule has 4 aromatic rings. The lowest BCUT2D eigenvalue weighted by Gasteiger charge is -2.31. The minimum absolute atomic E-state index is 0.0513. The molecule has 0 aliphatic carbocycles. The quantitative estimate of drug-likeness (QED) is 0.0635. The van der Waals surface area contributed by atoms with E-state index in [2.05, 4.69) is 20.9 Å². The molecule has 5 rings (SSSR count). The molecule has 10 nitrogen and oxygen atoms in total. The van der Waals surface area contributed by atoms with Crippen LogP contribution in [0, 0.1) is 0 Å². The summed E-state index contributed by atoms with van der Waals surface area (Å²) in [5.74, 6) is 0.515. The number of nitrogens with zero attached hydrogens (tertiary/aromatic N) is 4. The molecule has 4 aromatic carbocycles. The molecule has 1 amide bonds. The van der Waals surface area contributed by atoms with E-state index < -0.39 is 17.6 Å². The molecule has 0 radical (unpaired) electrons. The zero-order valence-corrected chi connectivity index (χ0v) is 22.8. The molecule has 0 aromatic heterocycles. The normalized spacial score (nSPS) is 17.4. The Morgan fingerprint density at radius 2 is 1.67 bits per heavy atom. The van der Waals surface area contributed by atoms with Crippen molar-refractivity contribution in [2.75, 3.05) is 18.6 Å². The minimum Gasteiger partial charge on any atom is -0.494 e. The van der Waals surface area contributed by atoms with E-state index in [1.165, 1.54) is 0 Å². The summed E-state index contributed by atoms with van der Waals surface area (Å²) in [6.45, 7) is 0.446. The number of aliphatic hydroxyl groups excluding tert-OH is 1. The molecule has 0 saturated carbocycles. The molecule has 10 heteroatoms. The second kappa shape index (κ2) is 13.4. The zero-order valence-electron chi connectivity index (χ0n) is 22.8. The van der Waals surface area contributed by atoms with Gasteiger partial charge in [-0.15, -0.1) is 0 Å². The number of amides is 1. The van der Waals surface area contributed by atoms with Crippen molar-refractivity contribution < 1.29 is 19.4 Å². The second-order valence-electron chi connectivity index (χ2n) is 9.64. The molecule has 0 unspecified atom stereocenters. The monoisotopic (exact) mass is 562 g/mol. The first kappa shape index (κ1) is 28.2. The molecule has 3 N–H and O–H groups in total. The molecular formula is C32H30N6O4. The molecular weight excluding hydrogens is 532 g/mol. The number of hydrazine groups is 1. The van der Waals surface area contributed by atoms with Crippen LogP contribution in [0.1, 0.15) is 29.2 Å². The Morgan fingerprint density at radius 1 is 0.976 bits per heavy atom. The van der Waals surface area contributed by atoms with E-state index in [1.807, 2.05) is 84.9 Å². The largest absolute Gasteiger partial charge is 0.494 e. The van der Waals surface area contributed by atoms with E-state index in [9.17, 15) is 10.3 Å². The SMILES string of the molecule is [N-]=[N+]=Nc1ccccc1C[C@]1(C(=O)NNc2ccccc2)N=C(c2ccc(OCCCO)cc2)O[C@H]1c1ccccc1. The van der Waals surface area contributed by atoms with Crippen molar-refractivity contribution in [1.82, 2.24) is 5.43 Å². The van der Waals surface area contributed by atoms with E-state index >= 15 is 0 Å². The lowest BCUT2D eigenvalue weighted by Crippen LogP contribution is -2.51. The summed E-state index contributed by atoms with van der Waals surface area (Å²) in [6.07, 6.45) is -0.177. The molecule has 0 fully saturated rings. The summed E-state index contributed by atoms with van der Waals surface area (Å²) >= 11 is 0. The third kappa shape index (κ3) is 6.36. The molecule has 0 saturated heterocycles. The molecule has 212 valence electrons. The van der Waals surface area contributed by atoms with Crippen molar-refractivity contribution >= 4 is 23.2 Å². The Bertz CT molecular complexity index is 1570. The van der Waals surface area contributed by atoms with Gasteiger partial charge in [0.1, 0.15) is 5.75 Å². The van der Waals surface area contributed by atoms with E-state index in [0.717, 1.165) is 5.56 Å². The van der Waals surface area contributed by atoms with Gasteiger partial charge in [0, 0.05) is 35.6 Å². The number of anilines is 1. The van der Waals surface area contributed by atoms with Gasteiger partial charge in [-0.3, -0.25) is 15.6 Å². The maximum absolute atomic E-state index is 14.3. The van der Waals surface area contributed by atoms with Gasteiger partial charge >= 0.3 is 0 Å². The van der Waals surface area contributed by atoms with Crippen LogP contribution in [-0.2, 0) is 16.0 Å². The Kier molecular flexibility index (Phi) is 8.98. The van der Waals surface area contributed by atoms with Gasteiger partial charge in [-0.2, -0.15) is 0 Å². The van der Waals surface area contributed by atoms with E-state index in [4.69, 9.17) is 19.6 Å². The average Bonchev–Trinajstić information content (AvgIpc) is 3.43. The van der Waals surface area contributed by atoms with Crippen molar-refractivity contribution in [3.05, 3.63) is 136 Å². The Morgan fingerprint density at radius 3 is 2.38 bits per heavy atom. The summed E-state index contributed by atoms with van der Waals surface area (Å²) in [6, 6.07) is 33.1. The van der Waals surface area contributed by atoms with Gasteiger partial charge in [-0.05, 0) is 53.1 Å². The van der Waals surface area contributed by atoms with Gasteiger partial charge in [0.15, 0.2) is 11.6 Å². The first-order valence-corrected chi connectivity index (χ1v) is 13.5. The third-order valence-electron chi connectivity index (χ3n) is 6.83. The maximum atomic E-state index is 14.3. The highest BCUT2D eigenvalue weighted by Crippen LogP contribution is 2.43. The highest BCUT2D eigenvalue weighted by atomic mass is 16.5. The van der Waals surface area contributed by atoms with Crippen LogP contribution in [0.5, 0.6) is 5.75 Å². The van der Waals surface area contributed by atoms with Crippen molar-refractivity contribution in [2.45, 2.75) is 24.5 Å². The van der Waals surface area contributed by atoms with Crippen LogP contribution >= 0.6 is 0 Å². The molecule has 1 aliphatic rings. The molecule has 1 heterocycles. The number of hydrogen-bond acceptors (Lipinski definition) is 7. The number of ether oxygens (including phenoxy) is 2. The fraction of sp³-hybridized carbons (Fsp3) is 0.188. The third-order valence-corrected chi connectivity index (χ3v) is 6.83. The molecule has 1 aliphatic heterocycles. The first-order chi connectivity index (χ1) is 20.6. The van der Waals surface area contributed by atoms with Gasteiger partial charge < -0.3 is 14.6 Å². The smallest absolute Gasteiger partial charge is 0.270 e. The number of nitrogens with one attached hydrogen (secondary N) is 2. The average molecular weight is 563 g/mol. The maximum Gasteiger partial charge on any atom is 0.270 e. The molecule has 0 spiro atoms. The molecule has 42 heavy (non-hydrogen) atoms. The number of para-hydroxylation sites is 1. The highest BCUT2D eigenvalue weighted by molar-refractivity contribution is 6.01. The van der Waals surface area contributed by atoms with Crippen LogP contribution in [-0.4, -0.2) is 35.7 Å². The number of rotatable bonds is 12. The minimum atomic E-state index is -1.48. The molecule has 2 atom stereocenters. The van der Waals surface area contributed by atoms with Crippen molar-refractivity contribution in [2.24, 2.45) is 10.1 Å². The number of aliphatic imine (C=N–C) groups is 1. The number of hydrogen-bond donors (Lipinski definition) is 3. The van der Waals surface area contributed by atoms with Crippen LogP contribution < -0.4 is 15.6 Å². The Labute approximate surface area is 243 Å². The lowest BCUT2D eigenvalue weighted by molar-refractivity contribution is -0.128. The fourth-order valence-electron chi connectivity index (χ4n) is 4.77. The van der Waals surface area contributed by atoms with E-state index in [-0.39, 0.29) is 13.0 Å². The zero-order chi connectivity index (χ0) is 29.2. The van der Waals surface area contributed by atoms with Crippen molar-refractivity contribution in [3.63, 3.8) is 0 Å². The fourth-order valence-corrected chi connectivity index (χ4v) is 4.77. The van der Waals surface area contributed by atoms with E-state index in [0.29, 0.717) is 47.2 Å². The lowest BCUT2D eigenvalue weighted by atomic mass is 9.81. The Balaban J connectivity index is 1.58. The second-order valence-corrected chi connectivity index (χ2v) is 9.64. The summed E-state index contributed by atoms with van der Waals surface area (Å²) in [7, 11) is 0. The van der Waals surface area contributed by atoms with Crippen LogP contribution in [0.3, 0.4) is 0 Å².